The third-order valence-corrected chi connectivity index (χ3v) is 8.48. The van der Waals surface area contributed by atoms with E-state index in [0.29, 0.717) is 17.1 Å². The van der Waals surface area contributed by atoms with E-state index in [0.717, 1.165) is 11.1 Å². The molecule has 0 saturated carbocycles. The number of esters is 1. The van der Waals surface area contributed by atoms with Gasteiger partial charge in [-0.25, -0.2) is 9.59 Å². The number of hydrogen-bond donors (Lipinski definition) is 2. The number of rotatable bonds is 10. The van der Waals surface area contributed by atoms with Crippen LogP contribution in [-0.2, 0) is 28.6 Å². The molecule has 2 N–H and O–H groups in total. The Balaban J connectivity index is 1.37. The van der Waals surface area contributed by atoms with Crippen LogP contribution in [0.25, 0.3) is 0 Å². The summed E-state index contributed by atoms with van der Waals surface area (Å²) < 4.78 is 17.3. The monoisotopic (exact) mass is 643 g/mol. The lowest BCUT2D eigenvalue weighted by Gasteiger charge is -2.49. The van der Waals surface area contributed by atoms with Crippen molar-refractivity contribution in [1.29, 1.82) is 0 Å². The fourth-order valence-electron chi connectivity index (χ4n) is 5.22. The van der Waals surface area contributed by atoms with Gasteiger partial charge < -0.3 is 24.8 Å². The predicted molar refractivity (Wildman–Crippen MR) is 173 cm³/mol. The maximum Gasteiger partial charge on any atom is 0.408 e. The first-order valence-corrected chi connectivity index (χ1v) is 16.1. The molecule has 2 aliphatic heterocycles. The van der Waals surface area contributed by atoms with Gasteiger partial charge in [-0.2, -0.15) is 0 Å². The van der Waals surface area contributed by atoms with Crippen LogP contribution < -0.4 is 10.6 Å². The van der Waals surface area contributed by atoms with E-state index in [1.807, 2.05) is 60.7 Å². The normalized spacial score (nSPS) is 18.2. The molecule has 240 valence electrons. The number of amides is 3. The van der Waals surface area contributed by atoms with Crippen LogP contribution in [0.1, 0.15) is 56.5 Å². The summed E-state index contributed by atoms with van der Waals surface area (Å²) in [4.78, 5) is 55.2. The number of nitrogens with one attached hydrogen (secondary N) is 2. The van der Waals surface area contributed by atoms with Gasteiger partial charge >= 0.3 is 12.1 Å². The zero-order chi connectivity index (χ0) is 32.8. The average molecular weight is 644 g/mol. The largest absolute Gasteiger partial charge is 0.495 e. The zero-order valence-corrected chi connectivity index (χ0v) is 26.9. The van der Waals surface area contributed by atoms with Gasteiger partial charge in [0.15, 0.2) is 11.8 Å². The van der Waals surface area contributed by atoms with E-state index >= 15 is 0 Å². The second-order valence-electron chi connectivity index (χ2n) is 11.7. The van der Waals surface area contributed by atoms with Crippen molar-refractivity contribution in [2.75, 3.05) is 12.4 Å². The van der Waals surface area contributed by atoms with Crippen molar-refractivity contribution in [1.82, 2.24) is 15.5 Å². The van der Waals surface area contributed by atoms with E-state index in [9.17, 15) is 19.2 Å². The predicted octanol–water partition coefficient (Wildman–Crippen LogP) is 5.23. The maximum absolute atomic E-state index is 13.9. The van der Waals surface area contributed by atoms with Gasteiger partial charge in [0.1, 0.15) is 28.8 Å². The standard InChI is InChI=1S/C35H37N3O7S/c1-5-43-25-21-46-32-27(36-30(39)26(22-15-9-6-10-16-22)37-34(42)45-35(2,3)4)31(40)38(32)28(25)33(41)44-29(23-17-11-7-12-18-23)24-19-13-8-14-20-24/h6-20,26-27,29,32H,5,21H2,1-4H3,(H,36,39)(H,37,42)/t26?,27-,32-/m1/s1. The SMILES string of the molecule is CCOC1=C(C(=O)OC(c2ccccc2)c2ccccc2)N2C(=O)[C@@H](NC(=O)C(NC(=O)OC(C)(C)C)c3ccccc3)[C@H]2SC1. The van der Waals surface area contributed by atoms with Crippen LogP contribution in [0, 0.1) is 0 Å². The van der Waals surface area contributed by atoms with Crippen LogP contribution in [-0.4, -0.2) is 58.2 Å². The first kappa shape index (κ1) is 32.6. The van der Waals surface area contributed by atoms with E-state index in [4.69, 9.17) is 14.2 Å². The second-order valence-corrected chi connectivity index (χ2v) is 12.8. The molecule has 0 bridgehead atoms. The maximum atomic E-state index is 13.9. The minimum Gasteiger partial charge on any atom is -0.495 e. The van der Waals surface area contributed by atoms with Crippen LogP contribution in [0.3, 0.4) is 0 Å². The Hall–Kier alpha value is -4.77. The highest BCUT2D eigenvalue weighted by Crippen LogP contribution is 2.42. The molecular formula is C35H37N3O7S. The van der Waals surface area contributed by atoms with Gasteiger partial charge in [-0.3, -0.25) is 14.5 Å². The third-order valence-electron chi connectivity index (χ3n) is 7.23. The van der Waals surface area contributed by atoms with Crippen molar-refractivity contribution in [3.63, 3.8) is 0 Å². The summed E-state index contributed by atoms with van der Waals surface area (Å²) in [5.74, 6) is -1.17. The van der Waals surface area contributed by atoms with E-state index in [2.05, 4.69) is 10.6 Å². The molecule has 3 aromatic rings. The highest BCUT2D eigenvalue weighted by Gasteiger charge is 2.55. The number of benzene rings is 3. The highest BCUT2D eigenvalue weighted by molar-refractivity contribution is 8.00. The number of carbonyl (C=O) groups excluding carboxylic acids is 4. The van der Waals surface area contributed by atoms with Gasteiger partial charge in [0.25, 0.3) is 5.91 Å². The van der Waals surface area contributed by atoms with Crippen LogP contribution in [0.4, 0.5) is 4.79 Å². The number of fused-ring (bicyclic) bond motifs is 1. The summed E-state index contributed by atoms with van der Waals surface area (Å²) in [7, 11) is 0. The minimum atomic E-state index is -1.12. The molecule has 1 unspecified atom stereocenters. The number of alkyl carbamates (subject to hydrolysis) is 1. The van der Waals surface area contributed by atoms with Crippen molar-refractivity contribution in [2.24, 2.45) is 0 Å². The number of carbonyl (C=O) groups is 4. The van der Waals surface area contributed by atoms with Crippen molar-refractivity contribution < 1.29 is 33.4 Å². The van der Waals surface area contributed by atoms with Crippen molar-refractivity contribution in [2.45, 2.75) is 56.9 Å². The van der Waals surface area contributed by atoms with E-state index in [1.165, 1.54) is 16.7 Å². The van der Waals surface area contributed by atoms with Crippen molar-refractivity contribution in [3.8, 4) is 0 Å². The molecule has 2 heterocycles. The second kappa shape index (κ2) is 14.1. The fraction of sp³-hybridized carbons (Fsp3) is 0.314. The Morgan fingerprint density at radius 3 is 1.96 bits per heavy atom. The van der Waals surface area contributed by atoms with Crippen LogP contribution in [0.15, 0.2) is 102 Å². The molecule has 5 rings (SSSR count). The molecule has 0 aromatic heterocycles. The van der Waals surface area contributed by atoms with Crippen molar-refractivity contribution in [3.05, 3.63) is 119 Å². The molecule has 0 aliphatic carbocycles. The van der Waals surface area contributed by atoms with Crippen molar-refractivity contribution >= 4 is 35.6 Å². The number of nitrogens with zero attached hydrogens (tertiary/aromatic N) is 1. The number of hydrogen-bond acceptors (Lipinski definition) is 8. The van der Waals surface area contributed by atoms with Gasteiger partial charge in [0.2, 0.25) is 5.91 Å². The first-order valence-electron chi connectivity index (χ1n) is 15.0. The summed E-state index contributed by atoms with van der Waals surface area (Å²) in [6.45, 7) is 7.25. The number of β-lactam (4-membered cyclic amide) rings is 1. The summed E-state index contributed by atoms with van der Waals surface area (Å²) in [6.07, 6.45) is -1.50. The number of thioether (sulfide) groups is 1. The van der Waals surface area contributed by atoms with Gasteiger partial charge in [-0.15, -0.1) is 11.8 Å². The molecule has 2 aliphatic rings. The molecular weight excluding hydrogens is 606 g/mol. The molecule has 1 saturated heterocycles. The quantitative estimate of drug-likeness (QED) is 0.227. The molecule has 0 spiro atoms. The summed E-state index contributed by atoms with van der Waals surface area (Å²) >= 11 is 1.36. The Kier molecular flexibility index (Phi) is 10.0. The molecule has 1 fully saturated rings. The van der Waals surface area contributed by atoms with Gasteiger partial charge in [-0.05, 0) is 44.4 Å². The smallest absolute Gasteiger partial charge is 0.408 e. The van der Waals surface area contributed by atoms with E-state index in [-0.39, 0.29) is 12.3 Å². The molecule has 11 heteroatoms. The fourth-order valence-corrected chi connectivity index (χ4v) is 6.50. The lowest BCUT2D eigenvalue weighted by Crippen LogP contribution is -2.71. The molecule has 10 nitrogen and oxygen atoms in total. The summed E-state index contributed by atoms with van der Waals surface area (Å²) in [5.41, 5.74) is 1.30. The zero-order valence-electron chi connectivity index (χ0n) is 26.1. The average Bonchev–Trinajstić information content (AvgIpc) is 3.05. The Morgan fingerprint density at radius 1 is 0.891 bits per heavy atom. The van der Waals surface area contributed by atoms with Gasteiger partial charge in [0, 0.05) is 0 Å². The van der Waals surface area contributed by atoms with Gasteiger partial charge in [0.05, 0.1) is 12.4 Å². The van der Waals surface area contributed by atoms with Crippen LogP contribution in [0.2, 0.25) is 0 Å². The van der Waals surface area contributed by atoms with E-state index < -0.39 is 53.0 Å². The first-order chi connectivity index (χ1) is 22.1. The molecule has 3 atom stereocenters. The highest BCUT2D eigenvalue weighted by atomic mass is 32.2. The van der Waals surface area contributed by atoms with E-state index in [1.54, 1.807) is 58.0 Å². The topological polar surface area (TPSA) is 123 Å². The lowest BCUT2D eigenvalue weighted by atomic mass is 10.0. The Labute approximate surface area is 272 Å². The van der Waals surface area contributed by atoms with Crippen LogP contribution >= 0.6 is 11.8 Å². The number of ether oxygens (including phenoxy) is 3. The van der Waals surface area contributed by atoms with Gasteiger partial charge in [-0.1, -0.05) is 91.0 Å². The third kappa shape index (κ3) is 7.37. The molecule has 3 amide bonds. The molecule has 0 radical (unpaired) electrons. The Morgan fingerprint density at radius 2 is 1.43 bits per heavy atom. The molecule has 3 aromatic carbocycles. The van der Waals surface area contributed by atoms with Crippen LogP contribution in [0.5, 0.6) is 0 Å². The summed E-state index contributed by atoms with van der Waals surface area (Å²) in [6, 6.07) is 25.3. The Bertz CT molecular complexity index is 1550. The minimum absolute atomic E-state index is 0.0180. The molecule has 46 heavy (non-hydrogen) atoms. The summed E-state index contributed by atoms with van der Waals surface area (Å²) in [5, 5.41) is 4.83. The lowest BCUT2D eigenvalue weighted by molar-refractivity contribution is -0.155.